The number of H-pyrrole nitrogens is 1. The number of aromatic nitrogens is 3. The molecular formula is C26H15N3O4. The molecule has 1 N–H and O–H groups in total. The van der Waals surface area contributed by atoms with Crippen LogP contribution >= 0.6 is 0 Å². The lowest BCUT2D eigenvalue weighted by Crippen LogP contribution is -2.17. The second-order valence-corrected chi connectivity index (χ2v) is 8.06. The SMILES string of the molecule is O=c1[nH]c2ccccc2cc1Cn1c2ccc3ccoc3c2c2c3cccnc3oc(=O)c21. The van der Waals surface area contributed by atoms with Crippen molar-refractivity contribution < 1.29 is 8.83 Å². The highest BCUT2D eigenvalue weighted by atomic mass is 16.4. The van der Waals surface area contributed by atoms with E-state index in [1.54, 1.807) is 18.5 Å². The second-order valence-electron chi connectivity index (χ2n) is 8.06. The zero-order valence-corrected chi connectivity index (χ0v) is 17.2. The van der Waals surface area contributed by atoms with Gasteiger partial charge in [0.15, 0.2) is 0 Å². The number of pyridine rings is 2. The van der Waals surface area contributed by atoms with Gasteiger partial charge >= 0.3 is 5.63 Å². The predicted molar refractivity (Wildman–Crippen MR) is 127 cm³/mol. The molecule has 2 aromatic carbocycles. The number of rotatable bonds is 2. The van der Waals surface area contributed by atoms with Crippen LogP contribution in [0.15, 0.2) is 91.5 Å². The smallest absolute Gasteiger partial charge is 0.362 e. The molecule has 0 aliphatic carbocycles. The van der Waals surface area contributed by atoms with Crippen molar-refractivity contribution in [2.75, 3.05) is 0 Å². The molecule has 7 aromatic rings. The monoisotopic (exact) mass is 433 g/mol. The molecule has 0 atom stereocenters. The van der Waals surface area contributed by atoms with Crippen LogP contribution in [0.5, 0.6) is 0 Å². The van der Waals surface area contributed by atoms with Crippen LogP contribution in [0.2, 0.25) is 0 Å². The van der Waals surface area contributed by atoms with Gasteiger partial charge in [-0.05, 0) is 47.9 Å². The number of furan rings is 1. The molecule has 0 radical (unpaired) electrons. The van der Waals surface area contributed by atoms with Gasteiger partial charge in [-0.15, -0.1) is 0 Å². The van der Waals surface area contributed by atoms with E-state index < -0.39 is 5.63 Å². The van der Waals surface area contributed by atoms with Gasteiger partial charge < -0.3 is 18.4 Å². The molecular weight excluding hydrogens is 418 g/mol. The highest BCUT2D eigenvalue weighted by Crippen LogP contribution is 2.37. The van der Waals surface area contributed by atoms with Crippen LogP contribution in [0, 0.1) is 0 Å². The van der Waals surface area contributed by atoms with Crippen molar-refractivity contribution in [2.24, 2.45) is 0 Å². The first-order valence-corrected chi connectivity index (χ1v) is 10.5. The van der Waals surface area contributed by atoms with E-state index in [1.165, 1.54) is 0 Å². The van der Waals surface area contributed by atoms with E-state index in [1.807, 2.05) is 59.2 Å². The Balaban J connectivity index is 1.64. The Labute approximate surface area is 184 Å². The van der Waals surface area contributed by atoms with Crippen molar-refractivity contribution in [3.63, 3.8) is 0 Å². The van der Waals surface area contributed by atoms with Gasteiger partial charge in [0.2, 0.25) is 5.71 Å². The van der Waals surface area contributed by atoms with Crippen LogP contribution in [0.4, 0.5) is 0 Å². The van der Waals surface area contributed by atoms with E-state index in [0.717, 1.165) is 27.2 Å². The Bertz CT molecular complexity index is 2010. The zero-order chi connectivity index (χ0) is 22.1. The van der Waals surface area contributed by atoms with Crippen molar-refractivity contribution >= 4 is 54.8 Å². The van der Waals surface area contributed by atoms with E-state index in [9.17, 15) is 9.59 Å². The van der Waals surface area contributed by atoms with Crippen molar-refractivity contribution in [1.29, 1.82) is 0 Å². The molecule has 0 saturated heterocycles. The third-order valence-electron chi connectivity index (χ3n) is 6.23. The first kappa shape index (κ1) is 18.0. The Hall–Kier alpha value is -4.65. The molecule has 0 spiro atoms. The molecule has 0 saturated carbocycles. The fourth-order valence-electron chi connectivity index (χ4n) is 4.78. The number of hydrogen-bond donors (Lipinski definition) is 1. The Morgan fingerprint density at radius 3 is 2.79 bits per heavy atom. The molecule has 5 heterocycles. The number of fused-ring (bicyclic) bond motifs is 8. The van der Waals surface area contributed by atoms with Crippen LogP contribution in [0.25, 0.3) is 54.8 Å². The fraction of sp³-hybridized carbons (Fsp3) is 0.0385. The van der Waals surface area contributed by atoms with Gasteiger partial charge in [0.05, 0.1) is 23.7 Å². The minimum atomic E-state index is -0.510. The van der Waals surface area contributed by atoms with E-state index in [0.29, 0.717) is 27.4 Å². The number of hydrogen-bond acceptors (Lipinski definition) is 5. The summed E-state index contributed by atoms with van der Waals surface area (Å²) in [5.74, 6) is 0. The fourth-order valence-corrected chi connectivity index (χ4v) is 4.78. The Kier molecular flexibility index (Phi) is 3.50. The van der Waals surface area contributed by atoms with Gasteiger partial charge in [-0.1, -0.05) is 18.2 Å². The van der Waals surface area contributed by atoms with Gasteiger partial charge in [0.25, 0.3) is 5.56 Å². The summed E-state index contributed by atoms with van der Waals surface area (Å²) in [4.78, 5) is 33.3. The summed E-state index contributed by atoms with van der Waals surface area (Å²) in [6.45, 7) is 0.197. The maximum atomic E-state index is 13.2. The van der Waals surface area contributed by atoms with Crippen LogP contribution in [0.1, 0.15) is 5.56 Å². The molecule has 158 valence electrons. The van der Waals surface area contributed by atoms with Crippen molar-refractivity contribution in [2.45, 2.75) is 6.54 Å². The molecule has 7 rings (SSSR count). The molecule has 0 aliphatic heterocycles. The van der Waals surface area contributed by atoms with Crippen LogP contribution in [-0.4, -0.2) is 14.5 Å². The molecule has 0 aliphatic rings. The summed E-state index contributed by atoms with van der Waals surface area (Å²) in [7, 11) is 0. The normalized spacial score (nSPS) is 12.0. The quantitative estimate of drug-likeness (QED) is 0.417. The largest absolute Gasteiger partial charge is 0.464 e. The minimum absolute atomic E-state index is 0.197. The molecule has 7 heteroatoms. The topological polar surface area (TPSA) is 94.0 Å². The summed E-state index contributed by atoms with van der Waals surface area (Å²) in [6.07, 6.45) is 3.22. The Morgan fingerprint density at radius 1 is 0.939 bits per heavy atom. The summed E-state index contributed by atoms with van der Waals surface area (Å²) in [5, 5.41) is 4.07. The third kappa shape index (κ3) is 2.47. The molecule has 0 amide bonds. The lowest BCUT2D eigenvalue weighted by molar-refractivity contribution is 0.553. The molecule has 7 nitrogen and oxygen atoms in total. The summed E-state index contributed by atoms with van der Waals surface area (Å²) in [5.41, 5.74) is 2.70. The Morgan fingerprint density at radius 2 is 1.85 bits per heavy atom. The number of para-hydroxylation sites is 1. The van der Waals surface area contributed by atoms with Gasteiger partial charge in [0.1, 0.15) is 11.1 Å². The van der Waals surface area contributed by atoms with E-state index >= 15 is 0 Å². The summed E-state index contributed by atoms with van der Waals surface area (Å²) < 4.78 is 13.2. The molecule has 33 heavy (non-hydrogen) atoms. The highest BCUT2D eigenvalue weighted by molar-refractivity contribution is 6.25. The van der Waals surface area contributed by atoms with Gasteiger partial charge in [-0.3, -0.25) is 4.79 Å². The maximum Gasteiger partial charge on any atom is 0.362 e. The third-order valence-corrected chi connectivity index (χ3v) is 6.23. The van der Waals surface area contributed by atoms with Crippen LogP contribution < -0.4 is 11.2 Å². The van der Waals surface area contributed by atoms with E-state index in [-0.39, 0.29) is 17.8 Å². The summed E-state index contributed by atoms with van der Waals surface area (Å²) >= 11 is 0. The number of aromatic amines is 1. The molecule has 5 aromatic heterocycles. The summed E-state index contributed by atoms with van der Waals surface area (Å²) in [6, 6.07) is 18.9. The van der Waals surface area contributed by atoms with Crippen molar-refractivity contribution in [3.8, 4) is 0 Å². The number of nitrogens with zero attached hydrogens (tertiary/aromatic N) is 2. The van der Waals surface area contributed by atoms with E-state index in [4.69, 9.17) is 8.83 Å². The number of benzene rings is 2. The molecule has 0 bridgehead atoms. The van der Waals surface area contributed by atoms with Crippen LogP contribution in [-0.2, 0) is 6.54 Å². The first-order valence-electron chi connectivity index (χ1n) is 10.5. The first-order chi connectivity index (χ1) is 16.2. The van der Waals surface area contributed by atoms with Crippen molar-refractivity contribution in [3.05, 3.63) is 99.5 Å². The molecule has 0 fully saturated rings. The van der Waals surface area contributed by atoms with Gasteiger partial charge in [0, 0.05) is 33.4 Å². The predicted octanol–water partition coefficient (Wildman–Crippen LogP) is 4.93. The maximum absolute atomic E-state index is 13.2. The lowest BCUT2D eigenvalue weighted by atomic mass is 10.1. The number of nitrogens with one attached hydrogen (secondary N) is 1. The lowest BCUT2D eigenvalue weighted by Gasteiger charge is -2.08. The zero-order valence-electron chi connectivity index (χ0n) is 17.2. The van der Waals surface area contributed by atoms with Gasteiger partial charge in [-0.2, -0.15) is 0 Å². The van der Waals surface area contributed by atoms with E-state index in [2.05, 4.69) is 9.97 Å². The van der Waals surface area contributed by atoms with Gasteiger partial charge in [-0.25, -0.2) is 9.78 Å². The standard InChI is InChI=1S/C26H15N3O4/c30-24-16(12-15-4-1-2-6-18(15)28-24)13-29-19-8-7-14-9-11-32-23(14)21(19)20-17-5-3-10-27-25(17)33-26(31)22(20)29/h1-12H,13H2,(H,28,30). The second kappa shape index (κ2) is 6.43. The average molecular weight is 433 g/mol. The highest BCUT2D eigenvalue weighted by Gasteiger charge is 2.22. The molecule has 0 unspecified atom stereocenters. The van der Waals surface area contributed by atoms with Crippen LogP contribution in [0.3, 0.4) is 0 Å². The van der Waals surface area contributed by atoms with Crippen molar-refractivity contribution in [1.82, 2.24) is 14.5 Å². The average Bonchev–Trinajstić information content (AvgIpc) is 3.43. The minimum Gasteiger partial charge on any atom is -0.464 e.